The van der Waals surface area contributed by atoms with Gasteiger partial charge in [-0.2, -0.15) is 0 Å². The van der Waals surface area contributed by atoms with Crippen LogP contribution in [0.3, 0.4) is 0 Å². The van der Waals surface area contributed by atoms with E-state index in [4.69, 9.17) is 4.89 Å². The summed E-state index contributed by atoms with van der Waals surface area (Å²) < 4.78 is 0. The van der Waals surface area contributed by atoms with Crippen molar-refractivity contribution in [2.45, 2.75) is 84.2 Å². The van der Waals surface area contributed by atoms with Gasteiger partial charge < -0.3 is 0 Å². The average molecular weight is 319 g/mol. The van der Waals surface area contributed by atoms with Gasteiger partial charge in [-0.1, -0.05) is 76.6 Å². The highest BCUT2D eigenvalue weighted by Gasteiger charge is 2.29. The lowest BCUT2D eigenvalue weighted by Gasteiger charge is -2.32. The van der Waals surface area contributed by atoms with Gasteiger partial charge in [-0.05, 0) is 48.6 Å². The summed E-state index contributed by atoms with van der Waals surface area (Å²) in [7, 11) is 0. The summed E-state index contributed by atoms with van der Waals surface area (Å²) in [5.41, 5.74) is 2.52. The van der Waals surface area contributed by atoms with Crippen molar-refractivity contribution < 1.29 is 10.1 Å². The maximum Gasteiger partial charge on any atom is 0.120 e. The van der Waals surface area contributed by atoms with Crippen molar-refractivity contribution >= 4 is 0 Å². The van der Waals surface area contributed by atoms with Gasteiger partial charge in [0.1, 0.15) is 6.10 Å². The number of rotatable bonds is 9. The van der Waals surface area contributed by atoms with Crippen molar-refractivity contribution in [2.24, 2.45) is 11.8 Å². The van der Waals surface area contributed by atoms with E-state index in [-0.39, 0.29) is 6.10 Å². The molecule has 2 heteroatoms. The number of hydrogen-bond donors (Lipinski definition) is 1. The molecule has 1 atom stereocenters. The Morgan fingerprint density at radius 1 is 1.00 bits per heavy atom. The topological polar surface area (TPSA) is 29.5 Å². The summed E-state index contributed by atoms with van der Waals surface area (Å²) >= 11 is 0. The van der Waals surface area contributed by atoms with Crippen molar-refractivity contribution in [3.05, 3.63) is 35.4 Å². The Balaban J connectivity index is 1.90. The first-order chi connectivity index (χ1) is 11.3. The molecule has 0 bridgehead atoms. The predicted molar refractivity (Wildman–Crippen MR) is 96.5 cm³/mol. The molecule has 130 valence electrons. The van der Waals surface area contributed by atoms with Crippen LogP contribution in [-0.2, 0) is 11.3 Å². The van der Waals surface area contributed by atoms with Crippen LogP contribution in [-0.4, -0.2) is 5.26 Å². The molecular weight excluding hydrogens is 284 g/mol. The molecule has 1 saturated carbocycles. The molecule has 1 aromatic rings. The van der Waals surface area contributed by atoms with Gasteiger partial charge in [0.25, 0.3) is 0 Å². The molecule has 0 saturated heterocycles. The van der Waals surface area contributed by atoms with Crippen molar-refractivity contribution in [1.29, 1.82) is 0 Å². The minimum absolute atomic E-state index is 0.151. The maximum absolute atomic E-state index is 9.44. The van der Waals surface area contributed by atoms with Crippen LogP contribution in [0.25, 0.3) is 0 Å². The fourth-order valence-electron chi connectivity index (χ4n) is 4.06. The first-order valence-electron chi connectivity index (χ1n) is 9.67. The SMILES string of the molecule is CCCCCc1ccc(C(OO)C2CCC(CCC)CC2)cc1. The van der Waals surface area contributed by atoms with Gasteiger partial charge in [-0.15, -0.1) is 0 Å². The first kappa shape index (κ1) is 18.5. The highest BCUT2D eigenvalue weighted by molar-refractivity contribution is 5.25. The fraction of sp³-hybridized carbons (Fsp3) is 0.714. The van der Waals surface area contributed by atoms with Crippen molar-refractivity contribution in [3.63, 3.8) is 0 Å². The smallest absolute Gasteiger partial charge is 0.120 e. The molecule has 1 N–H and O–H groups in total. The number of benzene rings is 1. The lowest BCUT2D eigenvalue weighted by Crippen LogP contribution is -2.22. The van der Waals surface area contributed by atoms with Crippen molar-refractivity contribution in [1.82, 2.24) is 0 Å². The summed E-state index contributed by atoms with van der Waals surface area (Å²) in [4.78, 5) is 4.91. The van der Waals surface area contributed by atoms with Crippen molar-refractivity contribution in [3.8, 4) is 0 Å². The minimum atomic E-state index is -0.151. The van der Waals surface area contributed by atoms with E-state index >= 15 is 0 Å². The molecule has 1 aromatic carbocycles. The van der Waals surface area contributed by atoms with Crippen LogP contribution in [0.2, 0.25) is 0 Å². The lowest BCUT2D eigenvalue weighted by atomic mass is 9.76. The summed E-state index contributed by atoms with van der Waals surface area (Å²) in [5, 5.41) is 9.44. The van der Waals surface area contributed by atoms with Crippen LogP contribution in [0, 0.1) is 11.8 Å². The molecule has 0 radical (unpaired) electrons. The van der Waals surface area contributed by atoms with Gasteiger partial charge in [0, 0.05) is 0 Å². The molecule has 1 aliphatic carbocycles. The Kier molecular flexibility index (Phi) is 8.11. The molecule has 0 spiro atoms. The van der Waals surface area contributed by atoms with E-state index in [9.17, 15) is 5.26 Å². The van der Waals surface area contributed by atoms with Crippen molar-refractivity contribution in [2.75, 3.05) is 0 Å². The van der Waals surface area contributed by atoms with Crippen LogP contribution >= 0.6 is 0 Å². The molecule has 0 aliphatic heterocycles. The second-order valence-electron chi connectivity index (χ2n) is 7.29. The molecule has 0 heterocycles. The third kappa shape index (κ3) is 5.61. The Morgan fingerprint density at radius 2 is 1.70 bits per heavy atom. The van der Waals surface area contributed by atoms with E-state index in [1.165, 1.54) is 63.4 Å². The maximum atomic E-state index is 9.44. The third-order valence-electron chi connectivity index (χ3n) is 5.51. The lowest BCUT2D eigenvalue weighted by molar-refractivity contribution is -0.296. The molecule has 0 amide bonds. The second-order valence-corrected chi connectivity index (χ2v) is 7.29. The van der Waals surface area contributed by atoms with E-state index in [1.54, 1.807) is 0 Å². The van der Waals surface area contributed by atoms with E-state index in [1.807, 2.05) is 0 Å². The fourth-order valence-corrected chi connectivity index (χ4v) is 4.06. The molecule has 1 aliphatic rings. The normalized spacial score (nSPS) is 22.9. The van der Waals surface area contributed by atoms with Gasteiger partial charge in [0.05, 0.1) is 0 Å². The Morgan fingerprint density at radius 3 is 2.26 bits per heavy atom. The molecular formula is C21H34O2. The second kappa shape index (κ2) is 10.1. The highest BCUT2D eigenvalue weighted by atomic mass is 17.1. The summed E-state index contributed by atoms with van der Waals surface area (Å²) in [6.07, 6.45) is 12.4. The number of hydrogen-bond acceptors (Lipinski definition) is 2. The molecule has 2 rings (SSSR count). The Labute approximate surface area is 142 Å². The zero-order valence-electron chi connectivity index (χ0n) is 15.0. The molecule has 2 nitrogen and oxygen atoms in total. The van der Waals surface area contributed by atoms with E-state index < -0.39 is 0 Å². The van der Waals surface area contributed by atoms with Gasteiger partial charge in [-0.3, -0.25) is 5.26 Å². The molecule has 23 heavy (non-hydrogen) atoms. The first-order valence-corrected chi connectivity index (χ1v) is 9.67. The number of unbranched alkanes of at least 4 members (excludes halogenated alkanes) is 2. The van der Waals surface area contributed by atoms with Gasteiger partial charge in [0.15, 0.2) is 0 Å². The van der Waals surface area contributed by atoms with E-state index in [0.29, 0.717) is 5.92 Å². The van der Waals surface area contributed by atoms with Crippen LogP contribution in [0.5, 0.6) is 0 Å². The van der Waals surface area contributed by atoms with Gasteiger partial charge >= 0.3 is 0 Å². The predicted octanol–water partition coefficient (Wildman–Crippen LogP) is 6.56. The molecule has 1 unspecified atom stereocenters. The van der Waals surface area contributed by atoms with Gasteiger partial charge in [-0.25, -0.2) is 4.89 Å². The highest BCUT2D eigenvalue weighted by Crippen LogP contribution is 2.39. The Bertz CT molecular complexity index is 418. The van der Waals surface area contributed by atoms with Crippen LogP contribution in [0.15, 0.2) is 24.3 Å². The summed E-state index contributed by atoms with van der Waals surface area (Å²) in [6, 6.07) is 8.72. The van der Waals surface area contributed by atoms with Crippen LogP contribution in [0.4, 0.5) is 0 Å². The van der Waals surface area contributed by atoms with Crippen LogP contribution < -0.4 is 0 Å². The average Bonchev–Trinajstić information content (AvgIpc) is 2.59. The van der Waals surface area contributed by atoms with Crippen LogP contribution in [0.1, 0.15) is 88.9 Å². The third-order valence-corrected chi connectivity index (χ3v) is 5.51. The quantitative estimate of drug-likeness (QED) is 0.317. The zero-order chi connectivity index (χ0) is 16.5. The van der Waals surface area contributed by atoms with E-state index in [2.05, 4.69) is 38.1 Å². The standard InChI is InChI=1S/C21H34O2/c1-3-5-6-8-18-11-15-20(16-12-18)21(23-22)19-13-9-17(7-4-2)10-14-19/h11-12,15-17,19,21-22H,3-10,13-14H2,1-2H3. The molecule has 1 fully saturated rings. The van der Waals surface area contributed by atoms with E-state index in [0.717, 1.165) is 17.9 Å². The largest absolute Gasteiger partial charge is 0.251 e. The summed E-state index contributed by atoms with van der Waals surface area (Å²) in [5.74, 6) is 1.34. The van der Waals surface area contributed by atoms with Gasteiger partial charge in [0.2, 0.25) is 0 Å². The summed E-state index contributed by atoms with van der Waals surface area (Å²) in [6.45, 7) is 4.51. The monoisotopic (exact) mass is 318 g/mol. The zero-order valence-corrected chi connectivity index (χ0v) is 15.0. The number of aryl methyl sites for hydroxylation is 1. The Hall–Kier alpha value is -0.860. The molecule has 0 aromatic heterocycles. The minimum Gasteiger partial charge on any atom is -0.251 e.